The number of aromatic nitrogens is 2. The maximum atomic E-state index is 12.8. The van der Waals surface area contributed by atoms with E-state index in [-0.39, 0.29) is 11.5 Å². The van der Waals surface area contributed by atoms with E-state index in [2.05, 4.69) is 30.7 Å². The minimum Gasteiger partial charge on any atom is -0.342 e. The van der Waals surface area contributed by atoms with Crippen LogP contribution in [0.5, 0.6) is 0 Å². The van der Waals surface area contributed by atoms with Gasteiger partial charge in [0.25, 0.3) is 5.56 Å². The molecule has 2 aromatic rings. The number of carbonyl (C=O) groups excluding carboxylic acids is 1. The Hall–Kier alpha value is -1.73. The lowest BCUT2D eigenvalue weighted by atomic mass is 9.95. The van der Waals surface area contributed by atoms with Crippen LogP contribution in [0, 0.1) is 5.92 Å². The summed E-state index contributed by atoms with van der Waals surface area (Å²) in [6, 6.07) is 5.36. The molecule has 0 spiro atoms. The number of carbonyl (C=O) groups is 1. The molecule has 150 valence electrons. The van der Waals surface area contributed by atoms with Crippen molar-refractivity contribution in [3.05, 3.63) is 44.9 Å². The highest BCUT2D eigenvalue weighted by molar-refractivity contribution is 9.10. The Kier molecular flexibility index (Phi) is 6.11. The zero-order valence-corrected chi connectivity index (χ0v) is 17.7. The molecule has 2 aliphatic heterocycles. The summed E-state index contributed by atoms with van der Waals surface area (Å²) in [5, 5.41) is 0. The SMILES string of the molecule is O=C(C1CCN(Cc2cc(=O)n3cc(Br)ccc3n2)CC1)N1CCCCCC1. The van der Waals surface area contributed by atoms with Crippen molar-refractivity contribution in [2.24, 2.45) is 5.92 Å². The third-order valence-corrected chi connectivity index (χ3v) is 6.39. The highest BCUT2D eigenvalue weighted by atomic mass is 79.9. The Bertz CT molecular complexity index is 897. The summed E-state index contributed by atoms with van der Waals surface area (Å²) < 4.78 is 2.41. The van der Waals surface area contributed by atoms with Gasteiger partial charge in [-0.1, -0.05) is 12.8 Å². The first-order chi connectivity index (χ1) is 13.6. The van der Waals surface area contributed by atoms with Crippen LogP contribution in [0.2, 0.25) is 0 Å². The first-order valence-corrected chi connectivity index (χ1v) is 11.1. The molecule has 0 aromatic carbocycles. The zero-order valence-electron chi connectivity index (χ0n) is 16.1. The molecule has 0 N–H and O–H groups in total. The fraction of sp³-hybridized carbons (Fsp3) is 0.571. The van der Waals surface area contributed by atoms with Gasteiger partial charge in [-0.2, -0.15) is 0 Å². The predicted molar refractivity (Wildman–Crippen MR) is 112 cm³/mol. The monoisotopic (exact) mass is 446 g/mol. The van der Waals surface area contributed by atoms with Crippen molar-refractivity contribution in [1.82, 2.24) is 19.2 Å². The van der Waals surface area contributed by atoms with Crippen LogP contribution in [0.15, 0.2) is 33.7 Å². The normalized spacial score (nSPS) is 19.7. The van der Waals surface area contributed by atoms with E-state index in [1.54, 1.807) is 16.7 Å². The number of halogens is 1. The average Bonchev–Trinajstić information content (AvgIpc) is 2.98. The number of likely N-dealkylation sites (tertiary alicyclic amines) is 2. The van der Waals surface area contributed by atoms with E-state index in [1.807, 2.05) is 12.1 Å². The van der Waals surface area contributed by atoms with Crippen molar-refractivity contribution in [2.75, 3.05) is 26.2 Å². The van der Waals surface area contributed by atoms with E-state index in [4.69, 9.17) is 0 Å². The molecule has 28 heavy (non-hydrogen) atoms. The highest BCUT2D eigenvalue weighted by Crippen LogP contribution is 2.22. The largest absolute Gasteiger partial charge is 0.342 e. The lowest BCUT2D eigenvalue weighted by molar-refractivity contribution is -0.137. The van der Waals surface area contributed by atoms with Crippen LogP contribution in [0.3, 0.4) is 0 Å². The summed E-state index contributed by atoms with van der Waals surface area (Å²) in [5.41, 5.74) is 1.40. The molecule has 4 heterocycles. The van der Waals surface area contributed by atoms with Gasteiger partial charge in [0, 0.05) is 42.3 Å². The molecule has 0 unspecified atom stereocenters. The highest BCUT2D eigenvalue weighted by Gasteiger charge is 2.29. The molecular weight excluding hydrogens is 420 g/mol. The lowest BCUT2D eigenvalue weighted by Gasteiger charge is -2.33. The molecule has 4 rings (SSSR count). The molecule has 1 amide bonds. The summed E-state index contributed by atoms with van der Waals surface area (Å²) >= 11 is 3.39. The first kappa shape index (κ1) is 19.6. The number of hydrogen-bond donors (Lipinski definition) is 0. The van der Waals surface area contributed by atoms with Gasteiger partial charge in [0.05, 0.1) is 5.69 Å². The van der Waals surface area contributed by atoms with Gasteiger partial charge in [-0.05, 0) is 66.8 Å². The molecule has 2 fully saturated rings. The number of nitrogens with zero attached hydrogens (tertiary/aromatic N) is 4. The van der Waals surface area contributed by atoms with Crippen molar-refractivity contribution < 1.29 is 4.79 Å². The van der Waals surface area contributed by atoms with Crippen LogP contribution in [-0.4, -0.2) is 51.3 Å². The molecule has 2 aliphatic rings. The molecule has 0 radical (unpaired) electrons. The van der Waals surface area contributed by atoms with Crippen LogP contribution in [-0.2, 0) is 11.3 Å². The molecule has 0 saturated carbocycles. The van der Waals surface area contributed by atoms with Gasteiger partial charge < -0.3 is 4.90 Å². The van der Waals surface area contributed by atoms with E-state index < -0.39 is 0 Å². The third-order valence-electron chi connectivity index (χ3n) is 5.92. The van der Waals surface area contributed by atoms with Crippen molar-refractivity contribution in [3.63, 3.8) is 0 Å². The Morgan fingerprint density at radius 2 is 1.79 bits per heavy atom. The summed E-state index contributed by atoms with van der Waals surface area (Å²) in [7, 11) is 0. The Morgan fingerprint density at radius 3 is 2.50 bits per heavy atom. The summed E-state index contributed by atoms with van der Waals surface area (Å²) in [6.45, 7) is 4.28. The predicted octanol–water partition coefficient (Wildman–Crippen LogP) is 3.07. The summed E-state index contributed by atoms with van der Waals surface area (Å²) in [5.74, 6) is 0.510. The van der Waals surface area contributed by atoms with Crippen LogP contribution >= 0.6 is 15.9 Å². The second-order valence-corrected chi connectivity index (χ2v) is 8.87. The quantitative estimate of drug-likeness (QED) is 0.726. The van der Waals surface area contributed by atoms with Gasteiger partial charge in [-0.25, -0.2) is 4.98 Å². The van der Waals surface area contributed by atoms with Gasteiger partial charge in [-0.15, -0.1) is 0 Å². The molecule has 2 aromatic heterocycles. The molecule has 7 heteroatoms. The maximum Gasteiger partial charge on any atom is 0.258 e. The molecular formula is C21H27BrN4O2. The summed E-state index contributed by atoms with van der Waals surface area (Å²) in [4.78, 5) is 34.2. The van der Waals surface area contributed by atoms with Crippen LogP contribution in [0.1, 0.15) is 44.2 Å². The van der Waals surface area contributed by atoms with Gasteiger partial charge in [0.1, 0.15) is 5.65 Å². The molecule has 0 aliphatic carbocycles. The number of amides is 1. The van der Waals surface area contributed by atoms with E-state index in [0.717, 1.165) is 62.0 Å². The van der Waals surface area contributed by atoms with Gasteiger partial charge in [0.15, 0.2) is 0 Å². The van der Waals surface area contributed by atoms with Gasteiger partial charge >= 0.3 is 0 Å². The fourth-order valence-electron chi connectivity index (χ4n) is 4.32. The maximum absolute atomic E-state index is 12.8. The van der Waals surface area contributed by atoms with Crippen molar-refractivity contribution in [2.45, 2.75) is 45.1 Å². The Balaban J connectivity index is 1.36. The molecule has 6 nitrogen and oxygen atoms in total. The second-order valence-electron chi connectivity index (χ2n) is 7.95. The Morgan fingerprint density at radius 1 is 1.07 bits per heavy atom. The second kappa shape index (κ2) is 8.74. The number of rotatable bonds is 3. The summed E-state index contributed by atoms with van der Waals surface area (Å²) in [6.07, 6.45) is 8.32. The van der Waals surface area contributed by atoms with Crippen LogP contribution < -0.4 is 5.56 Å². The van der Waals surface area contributed by atoms with Gasteiger partial charge in [0.2, 0.25) is 5.91 Å². The van der Waals surface area contributed by atoms with Crippen LogP contribution in [0.25, 0.3) is 5.65 Å². The van der Waals surface area contributed by atoms with E-state index in [9.17, 15) is 9.59 Å². The molecule has 0 atom stereocenters. The zero-order chi connectivity index (χ0) is 19.5. The van der Waals surface area contributed by atoms with Gasteiger partial charge in [-0.3, -0.25) is 18.9 Å². The fourth-order valence-corrected chi connectivity index (χ4v) is 4.66. The van der Waals surface area contributed by atoms with E-state index in [0.29, 0.717) is 18.1 Å². The van der Waals surface area contributed by atoms with E-state index >= 15 is 0 Å². The number of piperidine rings is 1. The lowest BCUT2D eigenvalue weighted by Crippen LogP contribution is -2.42. The third kappa shape index (κ3) is 4.46. The van der Waals surface area contributed by atoms with Crippen molar-refractivity contribution >= 4 is 27.5 Å². The minimum absolute atomic E-state index is 0.0625. The van der Waals surface area contributed by atoms with Crippen molar-refractivity contribution in [1.29, 1.82) is 0 Å². The number of hydrogen-bond acceptors (Lipinski definition) is 4. The number of pyridine rings is 1. The van der Waals surface area contributed by atoms with Crippen molar-refractivity contribution in [3.8, 4) is 0 Å². The topological polar surface area (TPSA) is 57.9 Å². The first-order valence-electron chi connectivity index (χ1n) is 10.3. The smallest absolute Gasteiger partial charge is 0.258 e. The van der Waals surface area contributed by atoms with E-state index in [1.165, 1.54) is 12.8 Å². The van der Waals surface area contributed by atoms with Crippen LogP contribution in [0.4, 0.5) is 0 Å². The average molecular weight is 447 g/mol. The Labute approximate surface area is 173 Å². The molecule has 2 saturated heterocycles. The standard InChI is InChI=1S/C21H27BrN4O2/c22-17-5-6-19-23-18(13-20(27)26(19)14-17)15-24-11-7-16(8-12-24)21(28)25-9-3-1-2-4-10-25/h5-6,13-14,16H,1-4,7-12,15H2. The molecule has 0 bridgehead atoms. The number of fused-ring (bicyclic) bond motifs is 1. The minimum atomic E-state index is -0.0625.